The van der Waals surface area contributed by atoms with Crippen LogP contribution in [0.15, 0.2) is 82.8 Å². The summed E-state index contributed by atoms with van der Waals surface area (Å²) in [5.74, 6) is -0.0589. The number of aliphatic imine (C=N–C) groups is 2. The number of amidine groups is 1. The Hall–Kier alpha value is -4.07. The average molecular weight is 432 g/mol. The predicted molar refractivity (Wildman–Crippen MR) is 121 cm³/mol. The van der Waals surface area contributed by atoms with Crippen molar-refractivity contribution in [3.63, 3.8) is 0 Å². The zero-order valence-corrected chi connectivity index (χ0v) is 17.4. The molecule has 0 fully saturated rings. The van der Waals surface area contributed by atoms with Gasteiger partial charge < -0.3 is 10.1 Å². The second-order valence-electron chi connectivity index (χ2n) is 7.17. The van der Waals surface area contributed by atoms with Gasteiger partial charge in [-0.1, -0.05) is 42.5 Å². The maximum atomic E-state index is 13.9. The number of carbonyl (C=O) groups is 2. The van der Waals surface area contributed by atoms with Gasteiger partial charge in [0.05, 0.1) is 24.4 Å². The second-order valence-corrected chi connectivity index (χ2v) is 7.17. The highest BCUT2D eigenvalue weighted by Gasteiger charge is 2.34. The van der Waals surface area contributed by atoms with E-state index in [0.29, 0.717) is 17.9 Å². The third kappa shape index (κ3) is 4.64. The molecule has 0 spiro atoms. The van der Waals surface area contributed by atoms with Gasteiger partial charge in [0.2, 0.25) is 0 Å². The minimum Gasteiger partial charge on any atom is -0.497 e. The minimum absolute atomic E-state index is 0.0138. The topological polar surface area (TPSA) is 83.4 Å². The maximum Gasteiger partial charge on any atom is 0.349 e. The van der Waals surface area contributed by atoms with Crippen molar-refractivity contribution in [3.8, 4) is 5.75 Å². The van der Waals surface area contributed by atoms with Crippen molar-refractivity contribution >= 4 is 29.3 Å². The molecule has 0 bridgehead atoms. The molecule has 1 N–H and O–H groups in total. The monoisotopic (exact) mass is 432 g/mol. The molecule has 4 rings (SSSR count). The van der Waals surface area contributed by atoms with E-state index in [2.05, 4.69) is 15.3 Å². The van der Waals surface area contributed by atoms with Crippen LogP contribution < -0.4 is 10.1 Å². The summed E-state index contributed by atoms with van der Waals surface area (Å²) in [7, 11) is 1.59. The van der Waals surface area contributed by atoms with Gasteiger partial charge in [0, 0.05) is 6.54 Å². The molecule has 0 saturated heterocycles. The van der Waals surface area contributed by atoms with E-state index in [4.69, 9.17) is 4.74 Å². The lowest BCUT2D eigenvalue weighted by molar-refractivity contribution is 0.228. The number of ether oxygens (including phenoxy) is 1. The van der Waals surface area contributed by atoms with Crippen LogP contribution >= 0.6 is 0 Å². The number of nitrogens with zero attached hydrogens (tertiary/aromatic N) is 3. The van der Waals surface area contributed by atoms with Gasteiger partial charge in [0.15, 0.2) is 0 Å². The molecule has 2 aromatic carbocycles. The Balaban J connectivity index is 1.61. The Labute approximate surface area is 184 Å². The largest absolute Gasteiger partial charge is 0.497 e. The van der Waals surface area contributed by atoms with Gasteiger partial charge in [-0.2, -0.15) is 9.98 Å². The molecule has 162 valence electrons. The van der Waals surface area contributed by atoms with E-state index in [1.165, 1.54) is 23.1 Å². The third-order valence-electron chi connectivity index (χ3n) is 5.10. The van der Waals surface area contributed by atoms with Gasteiger partial charge in [-0.05, 0) is 42.3 Å². The smallest absolute Gasteiger partial charge is 0.349 e. The summed E-state index contributed by atoms with van der Waals surface area (Å²) in [6.45, 7) is 0.267. The van der Waals surface area contributed by atoms with Gasteiger partial charge in [0.25, 0.3) is 0 Å². The molecule has 4 amide bonds. The molecule has 0 radical (unpaired) electrons. The highest BCUT2D eigenvalue weighted by atomic mass is 19.1. The number of methoxy groups -OCH3 is 1. The van der Waals surface area contributed by atoms with Gasteiger partial charge in [0.1, 0.15) is 17.4 Å². The van der Waals surface area contributed by atoms with Crippen LogP contribution in [0.2, 0.25) is 0 Å². The molecule has 8 heteroatoms. The Bertz CT molecular complexity index is 1170. The van der Waals surface area contributed by atoms with E-state index in [1.54, 1.807) is 25.3 Å². The molecule has 1 aliphatic carbocycles. The van der Waals surface area contributed by atoms with E-state index in [9.17, 15) is 14.0 Å². The molecule has 1 aliphatic heterocycles. The summed E-state index contributed by atoms with van der Waals surface area (Å²) in [6.07, 6.45) is 7.62. The van der Waals surface area contributed by atoms with Crippen LogP contribution in [0.4, 0.5) is 19.7 Å². The molecule has 2 aliphatic rings. The number of amides is 4. The molecular formula is C24H21FN4O3. The summed E-state index contributed by atoms with van der Waals surface area (Å²) >= 11 is 0. The zero-order valence-electron chi connectivity index (χ0n) is 17.4. The van der Waals surface area contributed by atoms with Crippen LogP contribution in [0.5, 0.6) is 5.75 Å². The molecule has 1 heterocycles. The third-order valence-corrected chi connectivity index (χ3v) is 5.10. The molecule has 32 heavy (non-hydrogen) atoms. The van der Waals surface area contributed by atoms with E-state index in [1.807, 2.05) is 36.4 Å². The van der Waals surface area contributed by atoms with E-state index in [0.717, 1.165) is 5.56 Å². The standard InChI is InChI=1S/C24H21FN4O3/c1-32-17-8-6-7-16(15-17)13-14-29-22(18-9-2-4-11-20(18)27-24(29)31)28-23(30)26-21-12-5-3-10-19(21)25/h2-12,15,18H,13-14H2,1H3,(H,26,30)/b28-22-. The number of hydrogen-bond acceptors (Lipinski definition) is 3. The fourth-order valence-electron chi connectivity index (χ4n) is 3.51. The van der Waals surface area contributed by atoms with E-state index >= 15 is 0 Å². The van der Waals surface area contributed by atoms with Crippen LogP contribution in [0, 0.1) is 11.7 Å². The summed E-state index contributed by atoms with van der Waals surface area (Å²) in [5.41, 5.74) is 1.48. The highest BCUT2D eigenvalue weighted by molar-refractivity contribution is 6.24. The molecule has 7 nitrogen and oxygen atoms in total. The molecule has 1 atom stereocenters. The van der Waals surface area contributed by atoms with Crippen molar-refractivity contribution in [2.24, 2.45) is 15.9 Å². The van der Waals surface area contributed by atoms with Crippen molar-refractivity contribution in [1.82, 2.24) is 4.90 Å². The number of benzene rings is 2. The number of rotatable bonds is 5. The Morgan fingerprint density at radius 1 is 1.22 bits per heavy atom. The number of nitrogens with one attached hydrogen (secondary N) is 1. The van der Waals surface area contributed by atoms with Crippen molar-refractivity contribution in [2.75, 3.05) is 19.0 Å². The normalized spacial score (nSPS) is 18.4. The van der Waals surface area contributed by atoms with Crippen LogP contribution in [-0.4, -0.2) is 42.2 Å². The van der Waals surface area contributed by atoms with E-state index in [-0.39, 0.29) is 18.1 Å². The molecular weight excluding hydrogens is 411 g/mol. The maximum absolute atomic E-state index is 13.9. The summed E-state index contributed by atoms with van der Waals surface area (Å²) in [4.78, 5) is 35.1. The highest BCUT2D eigenvalue weighted by Crippen LogP contribution is 2.23. The molecule has 0 saturated carbocycles. The lowest BCUT2D eigenvalue weighted by Crippen LogP contribution is -2.47. The lowest BCUT2D eigenvalue weighted by Gasteiger charge is -2.31. The van der Waals surface area contributed by atoms with Crippen molar-refractivity contribution in [1.29, 1.82) is 0 Å². The fourth-order valence-corrected chi connectivity index (χ4v) is 3.51. The summed E-state index contributed by atoms with van der Waals surface area (Å²) in [5, 5.41) is 2.44. The Morgan fingerprint density at radius 2 is 2.06 bits per heavy atom. The van der Waals surface area contributed by atoms with Crippen LogP contribution in [0.3, 0.4) is 0 Å². The molecule has 0 aromatic heterocycles. The quantitative estimate of drug-likeness (QED) is 0.748. The first-order chi connectivity index (χ1) is 15.5. The van der Waals surface area contributed by atoms with Gasteiger partial charge in [-0.15, -0.1) is 0 Å². The Morgan fingerprint density at radius 3 is 2.88 bits per heavy atom. The first-order valence-corrected chi connectivity index (χ1v) is 10.1. The number of halogens is 1. The molecule has 2 aromatic rings. The second kappa shape index (κ2) is 9.38. The lowest BCUT2D eigenvalue weighted by atomic mass is 9.94. The first kappa shape index (κ1) is 21.2. The number of hydrogen-bond donors (Lipinski definition) is 1. The molecule has 1 unspecified atom stereocenters. The van der Waals surface area contributed by atoms with Crippen molar-refractivity contribution in [3.05, 3.63) is 84.2 Å². The number of carbonyl (C=O) groups excluding carboxylic acids is 2. The number of anilines is 1. The number of allylic oxidation sites excluding steroid dienone is 3. The predicted octanol–water partition coefficient (Wildman–Crippen LogP) is 4.63. The van der Waals surface area contributed by atoms with Gasteiger partial charge >= 0.3 is 12.1 Å². The average Bonchev–Trinajstić information content (AvgIpc) is 2.80. The summed E-state index contributed by atoms with van der Waals surface area (Å²) < 4.78 is 19.2. The first-order valence-electron chi connectivity index (χ1n) is 10.1. The van der Waals surface area contributed by atoms with Crippen LogP contribution in [0.1, 0.15) is 5.56 Å². The van der Waals surface area contributed by atoms with Crippen molar-refractivity contribution in [2.45, 2.75) is 6.42 Å². The van der Waals surface area contributed by atoms with Crippen LogP contribution in [-0.2, 0) is 6.42 Å². The number of para-hydroxylation sites is 1. The SMILES string of the molecule is COc1cccc(CCN2C(=O)N=C3C=CC=CC3/C2=N/C(=O)Nc2ccccc2F)c1. The fraction of sp³-hybridized carbons (Fsp3) is 0.167. The number of urea groups is 2. The van der Waals surface area contributed by atoms with E-state index < -0.39 is 23.8 Å². The summed E-state index contributed by atoms with van der Waals surface area (Å²) in [6, 6.07) is 12.1. The van der Waals surface area contributed by atoms with Gasteiger partial charge in [-0.3, -0.25) is 4.90 Å². The van der Waals surface area contributed by atoms with Crippen molar-refractivity contribution < 1.29 is 18.7 Å². The van der Waals surface area contributed by atoms with Gasteiger partial charge in [-0.25, -0.2) is 14.0 Å². The van der Waals surface area contributed by atoms with Crippen LogP contribution in [0.25, 0.3) is 0 Å². The minimum atomic E-state index is -0.770. The number of fused-ring (bicyclic) bond motifs is 1. The zero-order chi connectivity index (χ0) is 22.5. The Kier molecular flexibility index (Phi) is 6.21.